The molecule has 0 heterocycles. The van der Waals surface area contributed by atoms with Gasteiger partial charge in [0.25, 0.3) is 0 Å². The van der Waals surface area contributed by atoms with Crippen LogP contribution in [0, 0.1) is 17.3 Å². The molecule has 0 bridgehead atoms. The van der Waals surface area contributed by atoms with Crippen molar-refractivity contribution >= 4 is 6.08 Å². The van der Waals surface area contributed by atoms with Crippen LogP contribution in [0.5, 0.6) is 5.75 Å². The number of benzene rings is 1. The number of aliphatic hydroxyl groups excluding tert-OH is 1. The molecule has 4 rings (SSSR count). The van der Waals surface area contributed by atoms with Gasteiger partial charge in [0.1, 0.15) is 5.75 Å². The topological polar surface area (TPSA) is 40.5 Å². The number of phenolic OH excluding ortho intramolecular Hbond substituents is 1. The first-order chi connectivity index (χ1) is 11.1. The lowest BCUT2D eigenvalue weighted by atomic mass is 9.56. The summed E-state index contributed by atoms with van der Waals surface area (Å²) < 4.78 is 0. The molecule has 124 valence electrons. The summed E-state index contributed by atoms with van der Waals surface area (Å²) in [6.07, 6.45) is 12.9. The van der Waals surface area contributed by atoms with E-state index in [1.165, 1.54) is 49.7 Å². The number of aliphatic hydroxyl groups is 1. The SMILES string of the molecule is C[C@@]12CCC[C@H]1[C@@H]1CCc3cc(O)c(/C=C/CO)cc3[C@H]1CC2. The van der Waals surface area contributed by atoms with Crippen LogP contribution in [0.25, 0.3) is 6.08 Å². The Morgan fingerprint density at radius 3 is 2.91 bits per heavy atom. The van der Waals surface area contributed by atoms with E-state index in [4.69, 9.17) is 5.11 Å². The van der Waals surface area contributed by atoms with E-state index in [1.807, 2.05) is 12.1 Å². The lowest BCUT2D eigenvalue weighted by Gasteiger charge is -2.49. The molecule has 2 N–H and O–H groups in total. The van der Waals surface area contributed by atoms with Gasteiger partial charge in [0.15, 0.2) is 0 Å². The van der Waals surface area contributed by atoms with Crippen LogP contribution in [-0.4, -0.2) is 16.8 Å². The zero-order valence-corrected chi connectivity index (χ0v) is 14.1. The lowest BCUT2D eigenvalue weighted by molar-refractivity contribution is 0.0598. The number of aromatic hydroxyl groups is 1. The van der Waals surface area contributed by atoms with Gasteiger partial charge in [-0.2, -0.15) is 0 Å². The largest absolute Gasteiger partial charge is 0.507 e. The van der Waals surface area contributed by atoms with Gasteiger partial charge in [-0.25, -0.2) is 0 Å². The van der Waals surface area contributed by atoms with Gasteiger partial charge in [-0.05, 0) is 85.0 Å². The molecule has 3 aliphatic rings. The van der Waals surface area contributed by atoms with Crippen molar-refractivity contribution in [2.45, 2.75) is 57.8 Å². The van der Waals surface area contributed by atoms with Crippen LogP contribution < -0.4 is 0 Å². The summed E-state index contributed by atoms with van der Waals surface area (Å²) in [7, 11) is 0. The average molecular weight is 312 g/mol. The molecule has 0 aliphatic heterocycles. The molecule has 1 aromatic rings. The molecule has 2 saturated carbocycles. The Labute approximate surface area is 139 Å². The molecule has 0 amide bonds. The van der Waals surface area contributed by atoms with Gasteiger partial charge in [-0.1, -0.05) is 25.5 Å². The number of hydrogen-bond donors (Lipinski definition) is 2. The summed E-state index contributed by atoms with van der Waals surface area (Å²) in [5.41, 5.74) is 4.28. The predicted octanol–water partition coefficient (Wildman–Crippen LogP) is 4.64. The van der Waals surface area contributed by atoms with Gasteiger partial charge >= 0.3 is 0 Å². The average Bonchev–Trinajstić information content (AvgIpc) is 2.94. The molecule has 2 nitrogen and oxygen atoms in total. The third-order valence-electron chi connectivity index (χ3n) is 7.06. The normalized spacial score (nSPS) is 35.8. The molecule has 0 radical (unpaired) electrons. The molecule has 2 heteroatoms. The zero-order valence-electron chi connectivity index (χ0n) is 14.1. The minimum absolute atomic E-state index is 0.0169. The minimum Gasteiger partial charge on any atom is -0.507 e. The molecular weight excluding hydrogens is 284 g/mol. The lowest BCUT2D eigenvalue weighted by Crippen LogP contribution is -2.39. The van der Waals surface area contributed by atoms with Crippen LogP contribution in [-0.2, 0) is 6.42 Å². The fourth-order valence-electron chi connectivity index (χ4n) is 5.93. The standard InChI is InChI=1S/C21H28O2/c1-21-9-2-5-19(21)17-7-6-14-13-20(23)15(4-3-11-22)12-18(14)16(17)8-10-21/h3-4,12-13,16-17,19,22-23H,2,5-11H2,1H3/b4-3+/t16-,17+,19-,21-/m0/s1. The third-order valence-corrected chi connectivity index (χ3v) is 7.06. The van der Waals surface area contributed by atoms with E-state index in [-0.39, 0.29) is 6.61 Å². The molecule has 0 unspecified atom stereocenters. The van der Waals surface area contributed by atoms with Crippen LogP contribution >= 0.6 is 0 Å². The van der Waals surface area contributed by atoms with E-state index in [1.54, 1.807) is 6.08 Å². The first kappa shape index (κ1) is 15.3. The number of aryl methyl sites for hydroxylation is 1. The van der Waals surface area contributed by atoms with Gasteiger partial charge in [-0.3, -0.25) is 0 Å². The summed E-state index contributed by atoms with van der Waals surface area (Å²) >= 11 is 0. The van der Waals surface area contributed by atoms with Crippen molar-refractivity contribution in [1.82, 2.24) is 0 Å². The summed E-state index contributed by atoms with van der Waals surface area (Å²) in [5, 5.41) is 19.3. The molecule has 1 aromatic carbocycles. The van der Waals surface area contributed by atoms with Gasteiger partial charge in [0.05, 0.1) is 6.61 Å². The summed E-state index contributed by atoms with van der Waals surface area (Å²) in [6, 6.07) is 4.18. The van der Waals surface area contributed by atoms with Gasteiger partial charge in [0.2, 0.25) is 0 Å². The maximum atomic E-state index is 10.2. The van der Waals surface area contributed by atoms with Crippen LogP contribution in [0.4, 0.5) is 0 Å². The van der Waals surface area contributed by atoms with Crippen LogP contribution in [0.3, 0.4) is 0 Å². The van der Waals surface area contributed by atoms with E-state index in [0.717, 1.165) is 23.8 Å². The summed E-state index contributed by atoms with van der Waals surface area (Å²) in [6.45, 7) is 2.55. The second kappa shape index (κ2) is 5.66. The van der Waals surface area contributed by atoms with Gasteiger partial charge in [0, 0.05) is 5.56 Å². The van der Waals surface area contributed by atoms with Crippen molar-refractivity contribution in [2.75, 3.05) is 6.61 Å². The molecular formula is C21H28O2. The Bertz CT molecular complexity index is 633. The fraction of sp³-hybridized carbons (Fsp3) is 0.619. The summed E-state index contributed by atoms with van der Waals surface area (Å²) in [5.74, 6) is 2.77. The number of fused-ring (bicyclic) bond motifs is 5. The third kappa shape index (κ3) is 2.42. The number of rotatable bonds is 2. The molecule has 3 aliphatic carbocycles. The van der Waals surface area contributed by atoms with Crippen molar-refractivity contribution in [3.8, 4) is 5.75 Å². The maximum Gasteiger partial charge on any atom is 0.123 e. The van der Waals surface area contributed by atoms with Crippen molar-refractivity contribution in [3.05, 3.63) is 34.9 Å². The van der Waals surface area contributed by atoms with Crippen LogP contribution in [0.15, 0.2) is 18.2 Å². The molecule has 0 saturated heterocycles. The second-order valence-electron chi connectivity index (χ2n) is 8.20. The van der Waals surface area contributed by atoms with E-state index < -0.39 is 0 Å². The van der Waals surface area contributed by atoms with Crippen LogP contribution in [0.2, 0.25) is 0 Å². The Balaban J connectivity index is 1.71. The molecule has 2 fully saturated rings. The van der Waals surface area contributed by atoms with E-state index >= 15 is 0 Å². The van der Waals surface area contributed by atoms with Crippen molar-refractivity contribution in [1.29, 1.82) is 0 Å². The first-order valence-corrected chi connectivity index (χ1v) is 9.25. The Morgan fingerprint density at radius 2 is 2.09 bits per heavy atom. The molecule has 23 heavy (non-hydrogen) atoms. The van der Waals surface area contributed by atoms with E-state index in [0.29, 0.717) is 17.1 Å². The number of phenols is 1. The highest BCUT2D eigenvalue weighted by atomic mass is 16.3. The zero-order chi connectivity index (χ0) is 16.0. The Morgan fingerprint density at radius 1 is 1.22 bits per heavy atom. The number of hydrogen-bond acceptors (Lipinski definition) is 2. The van der Waals surface area contributed by atoms with E-state index in [2.05, 4.69) is 13.0 Å². The highest BCUT2D eigenvalue weighted by molar-refractivity contribution is 5.60. The first-order valence-electron chi connectivity index (χ1n) is 9.25. The van der Waals surface area contributed by atoms with Crippen molar-refractivity contribution in [3.63, 3.8) is 0 Å². The quantitative estimate of drug-likeness (QED) is 0.835. The highest BCUT2D eigenvalue weighted by Crippen LogP contribution is 2.61. The predicted molar refractivity (Wildman–Crippen MR) is 93.5 cm³/mol. The summed E-state index contributed by atoms with van der Waals surface area (Å²) in [4.78, 5) is 0. The van der Waals surface area contributed by atoms with Crippen molar-refractivity contribution < 1.29 is 10.2 Å². The maximum absolute atomic E-state index is 10.2. The molecule has 0 aromatic heterocycles. The highest BCUT2D eigenvalue weighted by Gasteiger charge is 2.50. The molecule has 4 atom stereocenters. The monoisotopic (exact) mass is 312 g/mol. The van der Waals surface area contributed by atoms with E-state index in [9.17, 15) is 5.11 Å². The molecule has 0 spiro atoms. The Hall–Kier alpha value is -1.28. The smallest absolute Gasteiger partial charge is 0.123 e. The minimum atomic E-state index is 0.0169. The van der Waals surface area contributed by atoms with Gasteiger partial charge in [-0.15, -0.1) is 0 Å². The van der Waals surface area contributed by atoms with Crippen molar-refractivity contribution in [2.24, 2.45) is 17.3 Å². The fourth-order valence-corrected chi connectivity index (χ4v) is 5.93. The van der Waals surface area contributed by atoms with Crippen LogP contribution in [0.1, 0.15) is 68.1 Å². The second-order valence-corrected chi connectivity index (χ2v) is 8.20. The Kier molecular flexibility index (Phi) is 3.76. The van der Waals surface area contributed by atoms with Gasteiger partial charge < -0.3 is 10.2 Å².